The molecule has 6 aromatic rings. The van der Waals surface area contributed by atoms with Crippen molar-refractivity contribution < 1.29 is 0 Å². The summed E-state index contributed by atoms with van der Waals surface area (Å²) in [6.45, 7) is 24.9. The molecule has 3 aliphatic heterocycles. The van der Waals surface area contributed by atoms with Crippen LogP contribution in [0.4, 0.5) is 34.1 Å². The average molecular weight is 1030 g/mol. The van der Waals surface area contributed by atoms with E-state index < -0.39 is 0 Å². The second-order valence-corrected chi connectivity index (χ2v) is 26.8. The van der Waals surface area contributed by atoms with Gasteiger partial charge in [0.05, 0.1) is 23.1 Å². The number of anilines is 6. The zero-order chi connectivity index (χ0) is 54.1. The van der Waals surface area contributed by atoms with Gasteiger partial charge in [0.15, 0.2) is 0 Å². The van der Waals surface area contributed by atoms with Crippen LogP contribution in [-0.2, 0) is 21.7 Å². The summed E-state index contributed by atoms with van der Waals surface area (Å²) in [7, 11) is 0. The summed E-state index contributed by atoms with van der Waals surface area (Å²) in [6, 6.07) is 47.8. The number of nitrogens with zero attached hydrogens (tertiary/aromatic N) is 3. The Morgan fingerprint density at radius 2 is 1.23 bits per heavy atom. The zero-order valence-corrected chi connectivity index (χ0v) is 48.1. The summed E-state index contributed by atoms with van der Waals surface area (Å²) in [4.78, 5) is 8.03. The van der Waals surface area contributed by atoms with Crippen molar-refractivity contribution in [2.75, 3.05) is 14.7 Å². The Hall–Kier alpha value is -7.36. The van der Waals surface area contributed by atoms with Gasteiger partial charge in [0.1, 0.15) is 0 Å². The van der Waals surface area contributed by atoms with Crippen molar-refractivity contribution in [3.8, 4) is 22.3 Å². The van der Waals surface area contributed by atoms with Crippen LogP contribution in [0.5, 0.6) is 0 Å². The van der Waals surface area contributed by atoms with Crippen LogP contribution in [0.15, 0.2) is 216 Å². The lowest BCUT2D eigenvalue weighted by Gasteiger charge is -2.58. The molecule has 9 aliphatic rings. The normalized spacial score (nSPS) is 24.8. The van der Waals surface area contributed by atoms with Crippen LogP contribution in [0, 0.1) is 17.3 Å². The maximum Gasteiger partial charge on any atom is 0.0562 e. The fourth-order valence-electron chi connectivity index (χ4n) is 16.7. The Bertz CT molecular complexity index is 3890. The Morgan fingerprint density at radius 3 is 2.00 bits per heavy atom. The molecule has 4 atom stereocenters. The highest BCUT2D eigenvalue weighted by Crippen LogP contribution is 2.68. The largest absolute Gasteiger partial charge is 0.334 e. The maximum absolute atomic E-state index is 2.79. The number of rotatable bonds is 8. The molecular formula is C76H75N3. The molecule has 0 N–H and O–H groups in total. The summed E-state index contributed by atoms with van der Waals surface area (Å²) < 4.78 is 0. The molecule has 3 nitrogen and oxygen atoms in total. The summed E-state index contributed by atoms with van der Waals surface area (Å²) in [5.41, 5.74) is 30.0. The Labute approximate surface area is 470 Å². The summed E-state index contributed by atoms with van der Waals surface area (Å²) in [6.07, 6.45) is 30.3. The summed E-state index contributed by atoms with van der Waals surface area (Å²) in [5.74, 6) is 0.919. The minimum Gasteiger partial charge on any atom is -0.334 e. The van der Waals surface area contributed by atoms with E-state index >= 15 is 0 Å². The van der Waals surface area contributed by atoms with Crippen LogP contribution in [0.3, 0.4) is 0 Å². The number of para-hydroxylation sites is 1. The van der Waals surface area contributed by atoms with Gasteiger partial charge in [0, 0.05) is 56.0 Å². The molecule has 3 heteroatoms. The van der Waals surface area contributed by atoms with Gasteiger partial charge in [-0.05, 0) is 195 Å². The number of hydrogen-bond donors (Lipinski definition) is 0. The second-order valence-electron chi connectivity index (χ2n) is 26.8. The molecule has 1 saturated carbocycles. The smallest absolute Gasteiger partial charge is 0.0562 e. The van der Waals surface area contributed by atoms with E-state index in [9.17, 15) is 0 Å². The van der Waals surface area contributed by atoms with Crippen molar-refractivity contribution in [2.45, 2.75) is 135 Å². The lowest BCUT2D eigenvalue weighted by Crippen LogP contribution is -2.48. The van der Waals surface area contributed by atoms with Gasteiger partial charge in [-0.1, -0.05) is 185 Å². The van der Waals surface area contributed by atoms with Crippen molar-refractivity contribution in [3.05, 3.63) is 249 Å². The third-order valence-corrected chi connectivity index (χ3v) is 21.3. The fraction of sp³-hybridized carbons (Fsp3) is 0.316. The highest BCUT2D eigenvalue weighted by molar-refractivity contribution is 5.96. The molecule has 4 unspecified atom stereocenters. The van der Waals surface area contributed by atoms with E-state index in [2.05, 4.69) is 266 Å². The van der Waals surface area contributed by atoms with Crippen molar-refractivity contribution >= 4 is 34.1 Å². The predicted molar refractivity (Wildman–Crippen MR) is 332 cm³/mol. The first kappa shape index (κ1) is 48.7. The molecule has 0 saturated heterocycles. The van der Waals surface area contributed by atoms with E-state index in [-0.39, 0.29) is 33.1 Å². The van der Waals surface area contributed by atoms with E-state index in [0.717, 1.165) is 38.5 Å². The van der Waals surface area contributed by atoms with E-state index in [1.165, 1.54) is 118 Å². The molecule has 0 aromatic heterocycles. The molecule has 3 heterocycles. The highest BCUT2D eigenvalue weighted by atomic mass is 15.2. The average Bonchev–Trinajstić information content (AvgIpc) is 4.06. The molecule has 1 fully saturated rings. The van der Waals surface area contributed by atoms with Gasteiger partial charge in [-0.2, -0.15) is 0 Å². The SMILES string of the molecule is CCC1(C)c2cc(N(C3=CC=CCC3)c3ccccc3)cc3c2N2C4=C(CCC=C4C3(C)C)C(C)(C)c3cc(-c4ccc(N(c5ccc6c(c5)C(C)(C)c5ccccc5-6)C5C=C6C(=CC5)C5C=CC=CC5C6(C)C)cc4)cc1c32. The Balaban J connectivity index is 0.895. The number of hydrogen-bond acceptors (Lipinski definition) is 3. The van der Waals surface area contributed by atoms with E-state index in [4.69, 9.17) is 0 Å². The molecule has 0 spiro atoms. The van der Waals surface area contributed by atoms with Crippen LogP contribution in [0.25, 0.3) is 22.3 Å². The Morgan fingerprint density at radius 1 is 0.544 bits per heavy atom. The summed E-state index contributed by atoms with van der Waals surface area (Å²) >= 11 is 0. The van der Waals surface area contributed by atoms with E-state index in [0.29, 0.717) is 11.8 Å². The molecule has 6 aromatic carbocycles. The Kier molecular flexibility index (Phi) is 10.4. The van der Waals surface area contributed by atoms with Gasteiger partial charge < -0.3 is 14.7 Å². The van der Waals surface area contributed by atoms with Crippen LogP contribution >= 0.6 is 0 Å². The molecular weight excluding hydrogens is 955 g/mol. The molecule has 79 heavy (non-hydrogen) atoms. The van der Waals surface area contributed by atoms with E-state index in [1.54, 1.807) is 5.57 Å². The van der Waals surface area contributed by atoms with Crippen molar-refractivity contribution in [2.24, 2.45) is 17.3 Å². The predicted octanol–water partition coefficient (Wildman–Crippen LogP) is 19.9. The van der Waals surface area contributed by atoms with Gasteiger partial charge in [-0.3, -0.25) is 0 Å². The van der Waals surface area contributed by atoms with Gasteiger partial charge in [-0.25, -0.2) is 0 Å². The maximum atomic E-state index is 2.79. The van der Waals surface area contributed by atoms with E-state index in [1.807, 2.05) is 0 Å². The van der Waals surface area contributed by atoms with Gasteiger partial charge >= 0.3 is 0 Å². The first-order chi connectivity index (χ1) is 38.0. The van der Waals surface area contributed by atoms with Crippen molar-refractivity contribution in [1.82, 2.24) is 0 Å². The lowest BCUT2D eigenvalue weighted by molar-refractivity contribution is 0.333. The van der Waals surface area contributed by atoms with Crippen molar-refractivity contribution in [3.63, 3.8) is 0 Å². The second kappa shape index (κ2) is 16.8. The number of fused-ring (bicyclic) bond motifs is 6. The summed E-state index contributed by atoms with van der Waals surface area (Å²) in [5, 5.41) is 0. The van der Waals surface area contributed by atoms with Gasteiger partial charge in [-0.15, -0.1) is 0 Å². The minimum absolute atomic E-state index is 0.0349. The zero-order valence-electron chi connectivity index (χ0n) is 48.1. The molecule has 0 radical (unpaired) electrons. The molecule has 394 valence electrons. The molecule has 0 amide bonds. The van der Waals surface area contributed by atoms with Crippen LogP contribution in [-0.4, -0.2) is 6.04 Å². The molecule has 0 bridgehead atoms. The minimum atomic E-state index is -0.268. The first-order valence-electron chi connectivity index (χ1n) is 29.8. The number of allylic oxidation sites excluding steroid dienone is 13. The number of benzene rings is 6. The monoisotopic (exact) mass is 1030 g/mol. The molecule has 6 aliphatic carbocycles. The quantitative estimate of drug-likeness (QED) is 0.150. The fourth-order valence-corrected chi connectivity index (χ4v) is 16.7. The third-order valence-electron chi connectivity index (χ3n) is 21.3. The standard InChI is InChI=1S/C76H75N3/c1-11-76(10)67-42-48(41-65-70(67)79-69-61(74(65,6)7)31-22-32-62(69)75(8,9)66-45-54(46-68(76)71(66)79)77(49-23-14-12-15-24-49)50-25-16-13-17-26-50)47-33-35-51(36-34-47)78(52-37-39-57-55-27-18-20-29-59(55)72(2,3)63(57)43-52)53-38-40-58-56-28-19-21-30-60(56)73(4,5)64(58)44-53/h12-16,18-21,23-25,27-30,32-37,39-46,53,56,60H,11,17,22,26,31,38H2,1-10H3. The topological polar surface area (TPSA) is 9.72 Å². The van der Waals surface area contributed by atoms with Crippen LogP contribution in [0.2, 0.25) is 0 Å². The van der Waals surface area contributed by atoms with Gasteiger partial charge in [0.25, 0.3) is 0 Å². The van der Waals surface area contributed by atoms with Gasteiger partial charge in [0.2, 0.25) is 0 Å². The van der Waals surface area contributed by atoms with Crippen LogP contribution in [0.1, 0.15) is 141 Å². The lowest BCUT2D eigenvalue weighted by atomic mass is 9.57. The van der Waals surface area contributed by atoms with Crippen LogP contribution < -0.4 is 14.7 Å². The molecule has 15 rings (SSSR count). The highest BCUT2D eigenvalue weighted by Gasteiger charge is 2.55. The first-order valence-corrected chi connectivity index (χ1v) is 29.8. The van der Waals surface area contributed by atoms with Crippen molar-refractivity contribution in [1.29, 1.82) is 0 Å². The third kappa shape index (κ3) is 6.65.